The number of aliphatic imine (C=N–C) groups is 1. The second-order valence-corrected chi connectivity index (χ2v) is 6.96. The van der Waals surface area contributed by atoms with E-state index in [1.807, 2.05) is 56.3 Å². The van der Waals surface area contributed by atoms with Crippen molar-refractivity contribution in [3.05, 3.63) is 100 Å². The van der Waals surface area contributed by atoms with Gasteiger partial charge in [0.1, 0.15) is 0 Å². The zero-order valence-electron chi connectivity index (χ0n) is 16.6. The summed E-state index contributed by atoms with van der Waals surface area (Å²) in [6.07, 6.45) is 3.15. The van der Waals surface area contributed by atoms with E-state index in [1.54, 1.807) is 30.6 Å². The molecule has 1 aliphatic heterocycles. The van der Waals surface area contributed by atoms with Crippen molar-refractivity contribution in [2.45, 2.75) is 13.8 Å². The minimum Gasteiger partial charge on any atom is -0.322 e. The van der Waals surface area contributed by atoms with Crippen LogP contribution in [0, 0.1) is 6.92 Å². The minimum atomic E-state index is -0.223. The summed E-state index contributed by atoms with van der Waals surface area (Å²) >= 11 is 0. The fourth-order valence-electron chi connectivity index (χ4n) is 3.29. The van der Waals surface area contributed by atoms with Crippen molar-refractivity contribution >= 4 is 23.0 Å². The molecule has 2 aromatic rings. The van der Waals surface area contributed by atoms with Crippen molar-refractivity contribution in [3.8, 4) is 11.3 Å². The fourth-order valence-corrected chi connectivity index (χ4v) is 3.29. The largest absolute Gasteiger partial charge is 0.322 e. The zero-order valence-corrected chi connectivity index (χ0v) is 16.6. The molecule has 0 fully saturated rings. The number of nitrogens with zero attached hydrogens (tertiary/aromatic N) is 2. The van der Waals surface area contributed by atoms with Crippen molar-refractivity contribution < 1.29 is 4.79 Å². The molecule has 2 N–H and O–H groups in total. The van der Waals surface area contributed by atoms with Crippen molar-refractivity contribution in [2.75, 3.05) is 5.32 Å². The summed E-state index contributed by atoms with van der Waals surface area (Å²) in [4.78, 5) is 36.5. The summed E-state index contributed by atoms with van der Waals surface area (Å²) in [6.45, 7) is 3.76. The van der Waals surface area contributed by atoms with E-state index < -0.39 is 0 Å². The standard InChI is InChI=1S/C24H20N4O2/c1-15-8-9-18(27-23(29)17-10-12-25-13-11-17)14-21(15)26-16(2)22-19-6-4-3-5-7-20(19)28-24(22)30/h3-14H,1-2H3,(H,27,29)(H,28,30). The first-order valence-corrected chi connectivity index (χ1v) is 9.51. The minimum absolute atomic E-state index is 0.169. The number of aryl methyl sites for hydroxylation is 1. The number of pyridine rings is 1. The number of aromatic nitrogens is 2. The molecule has 0 saturated carbocycles. The molecule has 0 unspecified atom stereocenters. The van der Waals surface area contributed by atoms with Gasteiger partial charge in [-0.1, -0.05) is 30.3 Å². The van der Waals surface area contributed by atoms with Gasteiger partial charge in [0, 0.05) is 34.9 Å². The first-order chi connectivity index (χ1) is 14.5. The number of H-pyrrole nitrogens is 1. The van der Waals surface area contributed by atoms with Crippen LogP contribution in [-0.4, -0.2) is 21.6 Å². The fraction of sp³-hybridized carbons (Fsp3) is 0.0833. The first kappa shape index (κ1) is 19.3. The smallest absolute Gasteiger partial charge is 0.258 e. The molecule has 0 bridgehead atoms. The molecule has 30 heavy (non-hydrogen) atoms. The van der Waals surface area contributed by atoms with Gasteiger partial charge in [0.05, 0.1) is 17.0 Å². The molecule has 0 radical (unpaired) electrons. The maximum Gasteiger partial charge on any atom is 0.258 e. The SMILES string of the molecule is CC(=Nc1cc(NC(=O)c2ccncc2)ccc1C)c1c2cccccc-2[nH]c1=O. The molecule has 1 aromatic carbocycles. The average Bonchev–Trinajstić information content (AvgIpc) is 2.89. The van der Waals surface area contributed by atoms with Crippen molar-refractivity contribution in [1.29, 1.82) is 0 Å². The van der Waals surface area contributed by atoms with Crippen LogP contribution in [0.15, 0.2) is 82.8 Å². The summed E-state index contributed by atoms with van der Waals surface area (Å²) in [5, 5.41) is 2.88. The van der Waals surface area contributed by atoms with Crippen LogP contribution in [0.4, 0.5) is 11.4 Å². The molecule has 1 aliphatic carbocycles. The van der Waals surface area contributed by atoms with Crippen molar-refractivity contribution in [3.63, 3.8) is 0 Å². The van der Waals surface area contributed by atoms with Crippen LogP contribution in [0.1, 0.15) is 28.4 Å². The van der Waals surface area contributed by atoms with Gasteiger partial charge in [-0.2, -0.15) is 0 Å². The van der Waals surface area contributed by atoms with E-state index in [9.17, 15) is 9.59 Å². The summed E-state index contributed by atoms with van der Waals surface area (Å²) in [5.41, 5.74) is 5.36. The highest BCUT2D eigenvalue weighted by Gasteiger charge is 2.16. The molecule has 0 spiro atoms. The number of aromatic amines is 1. The number of carbonyl (C=O) groups is 1. The molecule has 1 amide bonds. The van der Waals surface area contributed by atoms with E-state index >= 15 is 0 Å². The Labute approximate surface area is 173 Å². The predicted octanol–water partition coefficient (Wildman–Crippen LogP) is 4.58. The van der Waals surface area contributed by atoms with Crippen LogP contribution in [0.3, 0.4) is 0 Å². The number of fused-ring (bicyclic) bond motifs is 1. The Bertz CT molecular complexity index is 1280. The lowest BCUT2D eigenvalue weighted by atomic mass is 10.1. The number of amides is 1. The van der Waals surface area contributed by atoms with Crippen LogP contribution < -0.4 is 10.9 Å². The summed E-state index contributed by atoms with van der Waals surface area (Å²) in [6, 6.07) is 18.3. The Morgan fingerprint density at radius 2 is 1.80 bits per heavy atom. The van der Waals surface area contributed by atoms with Gasteiger partial charge in [-0.3, -0.25) is 19.6 Å². The second kappa shape index (κ2) is 8.13. The summed E-state index contributed by atoms with van der Waals surface area (Å²) < 4.78 is 0. The highest BCUT2D eigenvalue weighted by molar-refractivity contribution is 6.06. The first-order valence-electron chi connectivity index (χ1n) is 9.51. The third-order valence-corrected chi connectivity index (χ3v) is 4.84. The monoisotopic (exact) mass is 396 g/mol. The van der Waals surface area contributed by atoms with E-state index in [1.165, 1.54) is 0 Å². The highest BCUT2D eigenvalue weighted by atomic mass is 16.1. The third-order valence-electron chi connectivity index (χ3n) is 4.84. The van der Waals surface area contributed by atoms with Crippen molar-refractivity contribution in [2.24, 2.45) is 4.99 Å². The van der Waals surface area contributed by atoms with Gasteiger partial charge in [0.25, 0.3) is 11.5 Å². The molecule has 0 saturated heterocycles. The summed E-state index contributed by atoms with van der Waals surface area (Å²) in [7, 11) is 0. The lowest BCUT2D eigenvalue weighted by Crippen LogP contribution is -2.12. The molecule has 4 rings (SSSR count). The lowest BCUT2D eigenvalue weighted by Gasteiger charge is -2.09. The lowest BCUT2D eigenvalue weighted by molar-refractivity contribution is 0.102. The molecule has 2 aliphatic rings. The van der Waals surface area contributed by atoms with E-state index in [-0.39, 0.29) is 11.5 Å². The topological polar surface area (TPSA) is 87.2 Å². The normalized spacial score (nSPS) is 11.5. The van der Waals surface area contributed by atoms with Gasteiger partial charge in [-0.05, 0) is 49.7 Å². The van der Waals surface area contributed by atoms with Gasteiger partial charge in [-0.15, -0.1) is 0 Å². The Morgan fingerprint density at radius 1 is 1.03 bits per heavy atom. The maximum absolute atomic E-state index is 12.5. The quantitative estimate of drug-likeness (QED) is 0.495. The molecule has 2 heterocycles. The van der Waals surface area contributed by atoms with Gasteiger partial charge in [0.15, 0.2) is 0 Å². The Hall–Kier alpha value is -4.06. The second-order valence-electron chi connectivity index (χ2n) is 6.96. The van der Waals surface area contributed by atoms with E-state index in [2.05, 4.69) is 15.3 Å². The number of anilines is 1. The number of nitrogens with one attached hydrogen (secondary N) is 2. The molecule has 6 heteroatoms. The number of rotatable bonds is 4. The zero-order chi connectivity index (χ0) is 21.1. The maximum atomic E-state index is 12.5. The average molecular weight is 396 g/mol. The molecule has 148 valence electrons. The number of carbonyl (C=O) groups excluding carboxylic acids is 1. The van der Waals surface area contributed by atoms with Crippen LogP contribution >= 0.6 is 0 Å². The van der Waals surface area contributed by atoms with Gasteiger partial charge < -0.3 is 10.3 Å². The molecule has 0 atom stereocenters. The summed E-state index contributed by atoms with van der Waals surface area (Å²) in [5.74, 6) is -0.223. The van der Waals surface area contributed by atoms with Crippen LogP contribution in [0.5, 0.6) is 0 Å². The van der Waals surface area contributed by atoms with Crippen LogP contribution in [0.2, 0.25) is 0 Å². The number of hydrogen-bond donors (Lipinski definition) is 2. The van der Waals surface area contributed by atoms with Gasteiger partial charge in [0.2, 0.25) is 0 Å². The Balaban J connectivity index is 1.68. The van der Waals surface area contributed by atoms with Crippen molar-refractivity contribution in [1.82, 2.24) is 9.97 Å². The number of hydrogen-bond acceptors (Lipinski definition) is 4. The Morgan fingerprint density at radius 3 is 2.60 bits per heavy atom. The molecule has 6 nitrogen and oxygen atoms in total. The molecular formula is C24H20N4O2. The van der Waals surface area contributed by atoms with Gasteiger partial charge in [-0.25, -0.2) is 0 Å². The van der Waals surface area contributed by atoms with Crippen LogP contribution in [0.25, 0.3) is 11.3 Å². The predicted molar refractivity (Wildman–Crippen MR) is 119 cm³/mol. The van der Waals surface area contributed by atoms with E-state index in [0.29, 0.717) is 28.2 Å². The molecular weight excluding hydrogens is 376 g/mol. The van der Waals surface area contributed by atoms with E-state index in [0.717, 1.165) is 16.8 Å². The molecule has 1 aromatic heterocycles. The van der Waals surface area contributed by atoms with Crippen LogP contribution in [-0.2, 0) is 0 Å². The van der Waals surface area contributed by atoms with E-state index in [4.69, 9.17) is 4.99 Å². The highest BCUT2D eigenvalue weighted by Crippen LogP contribution is 2.27. The Kier molecular flexibility index (Phi) is 5.22. The van der Waals surface area contributed by atoms with Gasteiger partial charge >= 0.3 is 0 Å². The third kappa shape index (κ3) is 3.89. The number of benzene rings is 1.